The van der Waals surface area contributed by atoms with E-state index in [0.717, 1.165) is 50.4 Å². The maximum atomic E-state index is 6.61. The van der Waals surface area contributed by atoms with Crippen LogP contribution in [-0.4, -0.2) is 9.55 Å². The average molecular weight is 939 g/mol. The summed E-state index contributed by atoms with van der Waals surface area (Å²) in [7, 11) is 0. The first-order chi connectivity index (χ1) is 27.3. The molecule has 0 saturated heterocycles. The molecule has 0 fully saturated rings. The molecular formula is C52H47N4OPt-3. The van der Waals surface area contributed by atoms with Crippen LogP contribution in [0.2, 0.25) is 0 Å². The Balaban J connectivity index is 0.00000469. The molecule has 3 heterocycles. The number of hydrogen-bond donors (Lipinski definition) is 0. The van der Waals surface area contributed by atoms with Gasteiger partial charge in [-0.15, -0.1) is 48.1 Å². The molecule has 5 nitrogen and oxygen atoms in total. The number of anilines is 4. The van der Waals surface area contributed by atoms with E-state index in [1.165, 1.54) is 33.4 Å². The monoisotopic (exact) mass is 938 g/mol. The van der Waals surface area contributed by atoms with E-state index in [2.05, 4.69) is 198 Å². The van der Waals surface area contributed by atoms with Crippen molar-refractivity contribution in [2.45, 2.75) is 66.2 Å². The molecule has 8 aromatic rings. The van der Waals surface area contributed by atoms with Crippen LogP contribution in [0.15, 0.2) is 134 Å². The summed E-state index contributed by atoms with van der Waals surface area (Å²) in [4.78, 5) is 9.34. The molecule has 0 N–H and O–H groups in total. The van der Waals surface area contributed by atoms with Gasteiger partial charge in [0.25, 0.3) is 0 Å². The molecule has 0 spiro atoms. The number of fused-ring (bicyclic) bond motifs is 4. The van der Waals surface area contributed by atoms with E-state index in [1.807, 2.05) is 24.4 Å². The van der Waals surface area contributed by atoms with Gasteiger partial charge in [0.1, 0.15) is 5.82 Å². The topological polar surface area (TPSA) is 33.5 Å². The Morgan fingerprint density at radius 2 is 1.31 bits per heavy atom. The number of rotatable bonds is 6. The van der Waals surface area contributed by atoms with E-state index < -0.39 is 0 Å². The molecule has 2 aromatic heterocycles. The first kappa shape index (κ1) is 39.2. The Hall–Kier alpha value is -5.64. The smallest absolute Gasteiger partial charge is 0.135 e. The Bertz CT molecular complexity index is 2800. The van der Waals surface area contributed by atoms with Crippen LogP contribution in [-0.2, 0) is 31.9 Å². The van der Waals surface area contributed by atoms with Crippen LogP contribution >= 0.6 is 0 Å². The van der Waals surface area contributed by atoms with E-state index in [4.69, 9.17) is 9.72 Å². The molecule has 0 unspecified atom stereocenters. The third kappa shape index (κ3) is 7.33. The minimum Gasteiger partial charge on any atom is -0.509 e. The van der Waals surface area contributed by atoms with E-state index in [0.29, 0.717) is 11.5 Å². The summed E-state index contributed by atoms with van der Waals surface area (Å²) in [5, 5.41) is 2.24. The minimum absolute atomic E-state index is 0. The first-order valence-corrected chi connectivity index (χ1v) is 19.7. The van der Waals surface area contributed by atoms with Crippen molar-refractivity contribution in [3.8, 4) is 28.4 Å². The van der Waals surface area contributed by atoms with Crippen LogP contribution < -0.4 is 14.5 Å². The number of benzene rings is 6. The van der Waals surface area contributed by atoms with E-state index >= 15 is 0 Å². The zero-order chi connectivity index (χ0) is 39.6. The van der Waals surface area contributed by atoms with Gasteiger partial charge in [-0.05, 0) is 94.8 Å². The minimum atomic E-state index is -0.0216. The fourth-order valence-corrected chi connectivity index (χ4v) is 7.93. The summed E-state index contributed by atoms with van der Waals surface area (Å²) >= 11 is 0. The maximum Gasteiger partial charge on any atom is 0.135 e. The Kier molecular flexibility index (Phi) is 10.1. The van der Waals surface area contributed by atoms with Crippen molar-refractivity contribution in [1.82, 2.24) is 9.55 Å². The third-order valence-electron chi connectivity index (χ3n) is 10.9. The van der Waals surface area contributed by atoms with Gasteiger partial charge in [0.2, 0.25) is 0 Å². The molecule has 0 aliphatic carbocycles. The van der Waals surface area contributed by atoms with Gasteiger partial charge in [0, 0.05) is 61.3 Å². The van der Waals surface area contributed by atoms with Crippen molar-refractivity contribution in [2.24, 2.45) is 0 Å². The van der Waals surface area contributed by atoms with Crippen LogP contribution in [0.5, 0.6) is 11.5 Å². The summed E-state index contributed by atoms with van der Waals surface area (Å²) in [5.74, 6) is 2.07. The Morgan fingerprint density at radius 3 is 2.09 bits per heavy atom. The average Bonchev–Trinajstić information content (AvgIpc) is 3.73. The molecular weight excluding hydrogens is 892 g/mol. The zero-order valence-electron chi connectivity index (χ0n) is 34.3. The fraction of sp³-hybridized carbons (Fsp3) is 0.192. The number of nitrogens with zero attached hydrogens (tertiary/aromatic N) is 4. The molecule has 0 atom stereocenters. The number of pyridine rings is 1. The van der Waals surface area contributed by atoms with Gasteiger partial charge in [-0.3, -0.25) is 0 Å². The van der Waals surface area contributed by atoms with Gasteiger partial charge >= 0.3 is 0 Å². The Morgan fingerprint density at radius 1 is 0.586 bits per heavy atom. The number of para-hydroxylation sites is 1. The zero-order valence-corrected chi connectivity index (χ0v) is 36.6. The van der Waals surface area contributed by atoms with Crippen LogP contribution in [0, 0.1) is 32.6 Å². The molecule has 0 saturated carbocycles. The summed E-state index contributed by atoms with van der Waals surface area (Å²) in [6.45, 7) is 19.9. The second-order valence-electron chi connectivity index (χ2n) is 17.3. The molecule has 1 aliphatic rings. The van der Waals surface area contributed by atoms with Crippen molar-refractivity contribution >= 4 is 44.6 Å². The van der Waals surface area contributed by atoms with Crippen molar-refractivity contribution in [2.75, 3.05) is 9.80 Å². The van der Waals surface area contributed by atoms with Crippen molar-refractivity contribution < 1.29 is 25.8 Å². The quantitative estimate of drug-likeness (QED) is 0.156. The van der Waals surface area contributed by atoms with Gasteiger partial charge in [-0.2, -0.15) is 12.1 Å². The van der Waals surface area contributed by atoms with Crippen LogP contribution in [0.4, 0.5) is 22.7 Å². The van der Waals surface area contributed by atoms with Crippen molar-refractivity contribution in [3.63, 3.8) is 0 Å². The molecule has 6 heteroatoms. The van der Waals surface area contributed by atoms with E-state index in [9.17, 15) is 0 Å². The molecule has 1 aliphatic heterocycles. The fourth-order valence-electron chi connectivity index (χ4n) is 7.93. The molecule has 9 rings (SSSR count). The molecule has 0 bridgehead atoms. The Labute approximate surface area is 357 Å². The molecule has 6 aromatic carbocycles. The number of ether oxygens (including phenoxy) is 1. The van der Waals surface area contributed by atoms with Gasteiger partial charge in [0.15, 0.2) is 0 Å². The predicted octanol–water partition coefficient (Wildman–Crippen LogP) is 13.9. The summed E-state index contributed by atoms with van der Waals surface area (Å²) in [6, 6.07) is 52.5. The maximum absolute atomic E-state index is 6.61. The summed E-state index contributed by atoms with van der Waals surface area (Å²) < 4.78 is 8.81. The summed E-state index contributed by atoms with van der Waals surface area (Å²) in [5.41, 5.74) is 13.5. The van der Waals surface area contributed by atoms with Crippen LogP contribution in [0.25, 0.3) is 38.8 Å². The molecule has 294 valence electrons. The largest absolute Gasteiger partial charge is 0.509 e. The second-order valence-corrected chi connectivity index (χ2v) is 17.3. The van der Waals surface area contributed by atoms with Gasteiger partial charge < -0.3 is 19.1 Å². The number of aryl methyl sites for hydroxylation is 2. The van der Waals surface area contributed by atoms with Crippen LogP contribution in [0.3, 0.4) is 0 Å². The van der Waals surface area contributed by atoms with Gasteiger partial charge in [-0.25, -0.2) is 4.98 Å². The molecule has 58 heavy (non-hydrogen) atoms. The van der Waals surface area contributed by atoms with E-state index in [1.54, 1.807) is 0 Å². The SMILES string of the molecule is Cc1cc(C)cc(-c2cccc(N3[CH-]N(c4[c-]c(Oc5[c-]c6c(cc5)c5ccccc5n6-c5cc(C(C)(C)C)ccn5)ccc4)c4cc(C(C)(C)C)ccc43)c2)c1.[Pt]. The molecule has 0 amide bonds. The van der Waals surface area contributed by atoms with Crippen molar-refractivity contribution in [1.29, 1.82) is 0 Å². The van der Waals surface area contributed by atoms with E-state index in [-0.39, 0.29) is 31.9 Å². The third-order valence-corrected chi connectivity index (χ3v) is 10.9. The van der Waals surface area contributed by atoms with Gasteiger partial charge in [0.05, 0.1) is 0 Å². The first-order valence-electron chi connectivity index (χ1n) is 19.7. The van der Waals surface area contributed by atoms with Crippen molar-refractivity contribution in [3.05, 3.63) is 175 Å². The standard InChI is InChI=1S/C52H47N4O.Pt/c1-34-25-35(2)27-37(26-34)36-13-11-14-40(28-36)54-33-55(49-29-38(51(3,4)5)19-22-47(49)54)41-15-12-16-42(31-41)57-43-20-21-45-44-17-9-10-18-46(44)56(48(45)32-43)50-30-39(23-24-53-50)52(6,7)8;/h9-30,33H,1-8H3;/q-3;. The summed E-state index contributed by atoms with van der Waals surface area (Å²) in [6.07, 6.45) is 1.90. The van der Waals surface area contributed by atoms with Gasteiger partial charge in [-0.1, -0.05) is 113 Å². The predicted molar refractivity (Wildman–Crippen MR) is 237 cm³/mol. The number of hydrogen-bond acceptors (Lipinski definition) is 4. The van der Waals surface area contributed by atoms with Crippen LogP contribution in [0.1, 0.15) is 63.8 Å². The number of aromatic nitrogens is 2. The normalized spacial score (nSPS) is 12.9. The second kappa shape index (κ2) is 14.9. The molecule has 0 radical (unpaired) electrons.